The first-order valence-corrected chi connectivity index (χ1v) is 18.0. The summed E-state index contributed by atoms with van der Waals surface area (Å²) in [5.41, 5.74) is 1.16. The zero-order valence-corrected chi connectivity index (χ0v) is 25.8. The lowest BCUT2D eigenvalue weighted by Gasteiger charge is -2.37. The minimum atomic E-state index is -3.77. The summed E-state index contributed by atoms with van der Waals surface area (Å²) in [6.45, 7) is 4.67. The summed E-state index contributed by atoms with van der Waals surface area (Å²) >= 11 is 1.36. The number of aliphatic carboxylic acids is 1. The Morgan fingerprint density at radius 3 is 2.30 bits per heavy atom. The van der Waals surface area contributed by atoms with Gasteiger partial charge in [0.2, 0.25) is 10.0 Å². The number of sulfonamides is 1. The number of nitrogens with one attached hydrogen (secondary N) is 1. The zero-order chi connectivity index (χ0) is 29.6. The fourth-order valence-electron chi connectivity index (χ4n) is 5.04. The Kier molecular flexibility index (Phi) is 10.6. The van der Waals surface area contributed by atoms with E-state index in [1.807, 2.05) is 11.2 Å². The Balaban J connectivity index is 2.24. The summed E-state index contributed by atoms with van der Waals surface area (Å²) in [5, 5.41) is 8.96. The second-order valence-electron chi connectivity index (χ2n) is 10.2. The average molecular weight is 611 g/mol. The minimum absolute atomic E-state index is 0.0137. The van der Waals surface area contributed by atoms with Crippen LogP contribution in [0.2, 0.25) is 0 Å². The molecule has 0 saturated carbocycles. The number of ether oxygens (including phenoxy) is 1. The van der Waals surface area contributed by atoms with Gasteiger partial charge in [0.05, 0.1) is 39.8 Å². The summed E-state index contributed by atoms with van der Waals surface area (Å²) in [6, 6.07) is 10.2. The number of thioether (sulfide) groups is 1. The number of carboxylic acid groups (broad SMARTS) is 1. The SMILES string of the molecule is CCCCC1(CCCC)CN(c2ccc(NS(C)(=O)=O)cc2)c2cc(SC)c(O/C=C/C(=O)O)cc2S(=O)(=O)C1. The average Bonchev–Trinajstić information content (AvgIpc) is 2.97. The molecule has 0 amide bonds. The van der Waals surface area contributed by atoms with Crippen LogP contribution < -0.4 is 14.4 Å². The van der Waals surface area contributed by atoms with Crippen molar-refractivity contribution in [3.8, 4) is 5.75 Å². The number of unbranched alkanes of at least 4 members (excludes halogenated alkanes) is 2. The molecule has 2 N–H and O–H groups in total. The predicted molar refractivity (Wildman–Crippen MR) is 161 cm³/mol. The lowest BCUT2D eigenvalue weighted by atomic mass is 9.79. The molecule has 0 unspecified atom stereocenters. The van der Waals surface area contributed by atoms with Crippen LogP contribution in [0.4, 0.5) is 17.1 Å². The fourth-order valence-corrected chi connectivity index (χ4v) is 8.26. The third-order valence-corrected chi connectivity index (χ3v) is 10.2. The van der Waals surface area contributed by atoms with Crippen LogP contribution in [0.15, 0.2) is 58.5 Å². The van der Waals surface area contributed by atoms with E-state index in [4.69, 9.17) is 9.84 Å². The predicted octanol–water partition coefficient (Wildman–Crippen LogP) is 6.05. The Bertz CT molecular complexity index is 1430. The van der Waals surface area contributed by atoms with E-state index in [0.29, 0.717) is 22.8 Å². The van der Waals surface area contributed by atoms with Gasteiger partial charge in [0, 0.05) is 29.4 Å². The van der Waals surface area contributed by atoms with E-state index in [2.05, 4.69) is 18.6 Å². The van der Waals surface area contributed by atoms with Gasteiger partial charge >= 0.3 is 5.97 Å². The molecule has 2 aromatic carbocycles. The van der Waals surface area contributed by atoms with E-state index in [-0.39, 0.29) is 16.4 Å². The maximum absolute atomic E-state index is 14.1. The number of hydrogen-bond acceptors (Lipinski definition) is 8. The smallest absolute Gasteiger partial charge is 0.331 e. The van der Waals surface area contributed by atoms with Crippen molar-refractivity contribution in [2.24, 2.45) is 5.41 Å². The summed E-state index contributed by atoms with van der Waals surface area (Å²) in [4.78, 5) is 13.8. The molecule has 0 aliphatic carbocycles. The molecule has 0 bridgehead atoms. The van der Waals surface area contributed by atoms with Crippen LogP contribution in [0.5, 0.6) is 5.75 Å². The molecular weight excluding hydrogens is 573 g/mol. The van der Waals surface area contributed by atoms with Crippen molar-refractivity contribution in [2.45, 2.75) is 62.2 Å². The number of carboxylic acids is 1. The van der Waals surface area contributed by atoms with Crippen molar-refractivity contribution in [3.05, 3.63) is 48.7 Å². The molecule has 0 aromatic heterocycles. The van der Waals surface area contributed by atoms with Gasteiger partial charge in [-0.1, -0.05) is 39.5 Å². The molecular formula is C28H38N2O7S3. The van der Waals surface area contributed by atoms with Gasteiger partial charge in [-0.3, -0.25) is 4.72 Å². The van der Waals surface area contributed by atoms with Crippen LogP contribution in [0, 0.1) is 5.41 Å². The molecule has 2 aromatic rings. The molecule has 220 valence electrons. The molecule has 12 heteroatoms. The van der Waals surface area contributed by atoms with Gasteiger partial charge in [-0.05, 0) is 49.4 Å². The number of sulfone groups is 1. The van der Waals surface area contributed by atoms with Gasteiger partial charge in [-0.25, -0.2) is 21.6 Å². The molecule has 0 atom stereocenters. The topological polar surface area (TPSA) is 130 Å². The molecule has 40 heavy (non-hydrogen) atoms. The summed E-state index contributed by atoms with van der Waals surface area (Å²) < 4.78 is 59.7. The number of hydrogen-bond donors (Lipinski definition) is 2. The third-order valence-electron chi connectivity index (χ3n) is 6.87. The highest BCUT2D eigenvalue weighted by Gasteiger charge is 2.42. The first-order valence-electron chi connectivity index (χ1n) is 13.2. The standard InChI is InChI=1S/C28H38N2O7S3/c1-5-7-14-28(15-8-6-2)19-30(22-11-9-21(10-12-22)29-39(4,33)34)23-17-25(38-3)24(37-16-13-27(31)32)18-26(23)40(35,36)20-28/h9-13,16-18,29H,5-8,14-15,19-20H2,1-4H3,(H,31,32)/b16-13+. The van der Waals surface area contributed by atoms with Crippen LogP contribution in [0.25, 0.3) is 0 Å². The number of nitrogens with zero attached hydrogens (tertiary/aromatic N) is 1. The zero-order valence-electron chi connectivity index (χ0n) is 23.3. The second-order valence-corrected chi connectivity index (χ2v) is 14.8. The van der Waals surface area contributed by atoms with E-state index in [9.17, 15) is 21.6 Å². The fraction of sp³-hybridized carbons (Fsp3) is 0.464. The largest absolute Gasteiger partial charge is 0.478 e. The molecule has 3 rings (SSSR count). The molecule has 0 radical (unpaired) electrons. The molecule has 0 saturated heterocycles. The van der Waals surface area contributed by atoms with Crippen molar-refractivity contribution in [2.75, 3.05) is 34.4 Å². The molecule has 9 nitrogen and oxygen atoms in total. The van der Waals surface area contributed by atoms with Crippen molar-refractivity contribution < 1.29 is 31.5 Å². The van der Waals surface area contributed by atoms with Crippen LogP contribution >= 0.6 is 11.8 Å². The number of benzene rings is 2. The molecule has 1 aliphatic heterocycles. The van der Waals surface area contributed by atoms with Crippen molar-refractivity contribution >= 4 is 54.7 Å². The third kappa shape index (κ3) is 8.17. The maximum atomic E-state index is 14.1. The van der Waals surface area contributed by atoms with Gasteiger partial charge in [0.25, 0.3) is 0 Å². The monoisotopic (exact) mass is 610 g/mol. The minimum Gasteiger partial charge on any atom is -0.478 e. The lowest BCUT2D eigenvalue weighted by Crippen LogP contribution is -2.38. The van der Waals surface area contributed by atoms with Crippen molar-refractivity contribution in [3.63, 3.8) is 0 Å². The van der Waals surface area contributed by atoms with E-state index in [0.717, 1.165) is 62.8 Å². The first-order chi connectivity index (χ1) is 18.8. The normalized spacial score (nSPS) is 16.4. The Labute approximate surface area is 242 Å². The number of fused-ring (bicyclic) bond motifs is 1. The Morgan fingerprint density at radius 1 is 1.15 bits per heavy atom. The maximum Gasteiger partial charge on any atom is 0.331 e. The van der Waals surface area contributed by atoms with Crippen LogP contribution in [0.1, 0.15) is 52.4 Å². The van der Waals surface area contributed by atoms with E-state index >= 15 is 0 Å². The molecule has 1 aliphatic rings. The molecule has 0 fully saturated rings. The van der Waals surface area contributed by atoms with Crippen molar-refractivity contribution in [1.82, 2.24) is 0 Å². The van der Waals surface area contributed by atoms with Gasteiger partial charge < -0.3 is 14.7 Å². The van der Waals surface area contributed by atoms with E-state index in [1.165, 1.54) is 17.8 Å². The number of carbonyl (C=O) groups is 1. The Morgan fingerprint density at radius 2 is 1.77 bits per heavy atom. The highest BCUT2D eigenvalue weighted by molar-refractivity contribution is 7.98. The lowest BCUT2D eigenvalue weighted by molar-refractivity contribution is -0.131. The van der Waals surface area contributed by atoms with Gasteiger partial charge in [-0.2, -0.15) is 0 Å². The second kappa shape index (κ2) is 13.3. The highest BCUT2D eigenvalue weighted by atomic mass is 32.2. The summed E-state index contributed by atoms with van der Waals surface area (Å²) in [7, 11) is -7.22. The molecule has 0 spiro atoms. The van der Waals surface area contributed by atoms with Crippen LogP contribution in [0.3, 0.4) is 0 Å². The van der Waals surface area contributed by atoms with Gasteiger partial charge in [-0.15, -0.1) is 11.8 Å². The highest BCUT2D eigenvalue weighted by Crippen LogP contribution is 2.48. The van der Waals surface area contributed by atoms with Gasteiger partial charge in [0.1, 0.15) is 5.75 Å². The summed E-state index contributed by atoms with van der Waals surface area (Å²) in [6.07, 6.45) is 9.98. The Hall–Kier alpha value is -2.70. The first kappa shape index (κ1) is 31.8. The van der Waals surface area contributed by atoms with Crippen LogP contribution in [-0.4, -0.2) is 52.7 Å². The van der Waals surface area contributed by atoms with Gasteiger partial charge in [0.15, 0.2) is 9.84 Å². The quantitative estimate of drug-likeness (QED) is 0.158. The van der Waals surface area contributed by atoms with Crippen molar-refractivity contribution in [1.29, 1.82) is 0 Å². The summed E-state index contributed by atoms with van der Waals surface area (Å²) in [5.74, 6) is -0.931. The van der Waals surface area contributed by atoms with E-state index in [1.54, 1.807) is 30.3 Å². The van der Waals surface area contributed by atoms with E-state index < -0.39 is 31.2 Å². The number of anilines is 3. The molecule has 1 heterocycles. The number of rotatable bonds is 13. The van der Waals surface area contributed by atoms with Crippen LogP contribution in [-0.2, 0) is 24.7 Å².